The maximum atomic E-state index is 10.9. The van der Waals surface area contributed by atoms with Crippen LogP contribution in [-0.4, -0.2) is 72.5 Å². The van der Waals surface area contributed by atoms with Crippen LogP contribution < -0.4 is 9.47 Å². The topological polar surface area (TPSA) is 50.1 Å². The van der Waals surface area contributed by atoms with Gasteiger partial charge in [0, 0.05) is 36.2 Å². The van der Waals surface area contributed by atoms with Crippen molar-refractivity contribution in [3.63, 3.8) is 0 Å². The van der Waals surface area contributed by atoms with Gasteiger partial charge in [-0.1, -0.05) is 31.2 Å². The SMILES string of the molecule is COc1cc(CN(C)CC(O)Cn2c(C)c(C)c3ccccc32)ccc1OCCN1CCC(C)CC1. The molecule has 1 atom stereocenters. The van der Waals surface area contributed by atoms with E-state index in [0.29, 0.717) is 19.7 Å². The largest absolute Gasteiger partial charge is 0.493 e. The van der Waals surface area contributed by atoms with Crippen molar-refractivity contribution in [2.45, 2.75) is 52.8 Å². The molecule has 1 aliphatic rings. The summed E-state index contributed by atoms with van der Waals surface area (Å²) in [5, 5.41) is 12.2. The molecule has 0 aliphatic carbocycles. The van der Waals surface area contributed by atoms with E-state index in [1.807, 2.05) is 19.2 Å². The number of hydrogen-bond donors (Lipinski definition) is 1. The van der Waals surface area contributed by atoms with Crippen LogP contribution in [0.2, 0.25) is 0 Å². The summed E-state index contributed by atoms with van der Waals surface area (Å²) >= 11 is 0. The summed E-state index contributed by atoms with van der Waals surface area (Å²) in [6, 6.07) is 14.6. The summed E-state index contributed by atoms with van der Waals surface area (Å²) in [7, 11) is 3.74. The van der Waals surface area contributed by atoms with Gasteiger partial charge in [-0.05, 0) is 82.1 Å². The van der Waals surface area contributed by atoms with Crippen LogP contribution >= 0.6 is 0 Å². The highest BCUT2D eigenvalue weighted by molar-refractivity contribution is 5.85. The fraction of sp³-hybridized carbons (Fsp3) is 0.533. The van der Waals surface area contributed by atoms with Gasteiger partial charge in [-0.25, -0.2) is 0 Å². The quantitative estimate of drug-likeness (QED) is 0.413. The second-order valence-electron chi connectivity index (χ2n) is 10.5. The van der Waals surface area contributed by atoms with Gasteiger partial charge in [-0.2, -0.15) is 0 Å². The lowest BCUT2D eigenvalue weighted by molar-refractivity contribution is 0.108. The summed E-state index contributed by atoms with van der Waals surface area (Å²) in [5.74, 6) is 2.40. The smallest absolute Gasteiger partial charge is 0.161 e. The number of para-hydroxylation sites is 1. The molecule has 1 aromatic heterocycles. The Bertz CT molecular complexity index is 1130. The summed E-state index contributed by atoms with van der Waals surface area (Å²) in [4.78, 5) is 4.64. The van der Waals surface area contributed by atoms with Gasteiger partial charge in [0.1, 0.15) is 6.61 Å². The summed E-state index contributed by atoms with van der Waals surface area (Å²) < 4.78 is 13.9. The molecule has 0 amide bonds. The first-order chi connectivity index (χ1) is 17.4. The van der Waals surface area contributed by atoms with E-state index in [0.717, 1.165) is 36.1 Å². The number of aliphatic hydroxyl groups is 1. The molecule has 3 aromatic rings. The Morgan fingerprint density at radius 1 is 1.08 bits per heavy atom. The highest BCUT2D eigenvalue weighted by Gasteiger charge is 2.17. The molecule has 6 heteroatoms. The van der Waals surface area contributed by atoms with Gasteiger partial charge in [-0.15, -0.1) is 0 Å². The molecule has 0 bridgehead atoms. The van der Waals surface area contributed by atoms with Crippen LogP contribution in [-0.2, 0) is 13.1 Å². The zero-order valence-electron chi connectivity index (χ0n) is 22.7. The van der Waals surface area contributed by atoms with E-state index in [9.17, 15) is 5.11 Å². The van der Waals surface area contributed by atoms with Gasteiger partial charge < -0.3 is 19.1 Å². The average Bonchev–Trinajstić information content (AvgIpc) is 3.10. The highest BCUT2D eigenvalue weighted by Crippen LogP contribution is 2.29. The van der Waals surface area contributed by atoms with Crippen molar-refractivity contribution in [3.05, 3.63) is 59.3 Å². The molecule has 4 rings (SSSR count). The van der Waals surface area contributed by atoms with Crippen LogP contribution in [0, 0.1) is 19.8 Å². The fourth-order valence-electron chi connectivity index (χ4n) is 5.34. The third kappa shape index (κ3) is 6.41. The van der Waals surface area contributed by atoms with E-state index in [4.69, 9.17) is 9.47 Å². The van der Waals surface area contributed by atoms with E-state index >= 15 is 0 Å². The third-order valence-corrected chi connectivity index (χ3v) is 7.68. The maximum absolute atomic E-state index is 10.9. The van der Waals surface area contributed by atoms with Crippen molar-refractivity contribution in [3.8, 4) is 11.5 Å². The number of aliphatic hydroxyl groups excluding tert-OH is 1. The molecule has 0 spiro atoms. The molecule has 36 heavy (non-hydrogen) atoms. The number of benzene rings is 2. The lowest BCUT2D eigenvalue weighted by Crippen LogP contribution is -2.35. The maximum Gasteiger partial charge on any atom is 0.161 e. The number of likely N-dealkylation sites (N-methyl/N-ethyl adjacent to an activating group) is 1. The average molecular weight is 494 g/mol. The summed E-state index contributed by atoms with van der Waals surface area (Å²) in [6.07, 6.45) is 2.09. The molecule has 1 aliphatic heterocycles. The van der Waals surface area contributed by atoms with Gasteiger partial charge in [0.15, 0.2) is 11.5 Å². The van der Waals surface area contributed by atoms with Crippen molar-refractivity contribution >= 4 is 10.9 Å². The van der Waals surface area contributed by atoms with Gasteiger partial charge >= 0.3 is 0 Å². The lowest BCUT2D eigenvalue weighted by Gasteiger charge is -2.30. The standard InChI is InChI=1S/C30H43N3O3/c1-22-12-14-32(15-13-22)16-17-36-29-11-10-25(18-30(29)35-5)19-31(4)20-26(34)21-33-24(3)23(2)27-8-6-7-9-28(27)33/h6-11,18,22,26,34H,12-17,19-21H2,1-5H3. The zero-order chi connectivity index (χ0) is 25.7. The van der Waals surface area contributed by atoms with Crippen molar-refractivity contribution in [2.75, 3.05) is 46.9 Å². The number of piperidine rings is 1. The number of nitrogens with zero attached hydrogens (tertiary/aromatic N) is 3. The number of aryl methyl sites for hydroxylation is 1. The van der Waals surface area contributed by atoms with Gasteiger partial charge in [0.05, 0.1) is 19.8 Å². The Morgan fingerprint density at radius 2 is 1.83 bits per heavy atom. The molecule has 1 N–H and O–H groups in total. The lowest BCUT2D eigenvalue weighted by atomic mass is 9.99. The van der Waals surface area contributed by atoms with E-state index in [2.05, 4.69) is 65.5 Å². The third-order valence-electron chi connectivity index (χ3n) is 7.68. The molecule has 2 heterocycles. The molecule has 1 saturated heterocycles. The molecule has 0 saturated carbocycles. The van der Waals surface area contributed by atoms with Crippen LogP contribution in [0.25, 0.3) is 10.9 Å². The Labute approximate surface area is 216 Å². The minimum atomic E-state index is -0.466. The minimum Gasteiger partial charge on any atom is -0.493 e. The van der Waals surface area contributed by atoms with Crippen LogP contribution in [0.3, 0.4) is 0 Å². The predicted octanol–water partition coefficient (Wildman–Crippen LogP) is 4.87. The first-order valence-electron chi connectivity index (χ1n) is 13.3. The molecule has 0 radical (unpaired) electrons. The number of ether oxygens (including phenoxy) is 2. The van der Waals surface area contributed by atoms with Crippen LogP contribution in [0.1, 0.15) is 36.6 Å². The van der Waals surface area contributed by atoms with Gasteiger partial charge in [-0.3, -0.25) is 9.80 Å². The Hall–Kier alpha value is -2.54. The van der Waals surface area contributed by atoms with E-state index in [1.165, 1.54) is 48.1 Å². The van der Waals surface area contributed by atoms with Gasteiger partial charge in [0.25, 0.3) is 0 Å². The molecular weight excluding hydrogens is 450 g/mol. The van der Waals surface area contributed by atoms with Crippen molar-refractivity contribution in [1.29, 1.82) is 0 Å². The predicted molar refractivity (Wildman–Crippen MR) is 147 cm³/mol. The van der Waals surface area contributed by atoms with Crippen LogP contribution in [0.4, 0.5) is 0 Å². The molecule has 196 valence electrons. The number of aromatic nitrogens is 1. The van der Waals surface area contributed by atoms with E-state index in [1.54, 1.807) is 7.11 Å². The van der Waals surface area contributed by atoms with Crippen LogP contribution in [0.5, 0.6) is 11.5 Å². The number of methoxy groups -OCH3 is 1. The molecule has 6 nitrogen and oxygen atoms in total. The molecule has 2 aromatic carbocycles. The van der Waals surface area contributed by atoms with Crippen LogP contribution in [0.15, 0.2) is 42.5 Å². The fourth-order valence-corrected chi connectivity index (χ4v) is 5.34. The Balaban J connectivity index is 1.30. The first kappa shape index (κ1) is 26.5. The second-order valence-corrected chi connectivity index (χ2v) is 10.5. The normalized spacial score (nSPS) is 16.1. The zero-order valence-corrected chi connectivity index (χ0v) is 22.7. The number of rotatable bonds is 11. The summed E-state index contributed by atoms with van der Waals surface area (Å²) in [6.45, 7) is 12.5. The number of fused-ring (bicyclic) bond motifs is 1. The Morgan fingerprint density at radius 3 is 2.58 bits per heavy atom. The highest BCUT2D eigenvalue weighted by atomic mass is 16.5. The van der Waals surface area contributed by atoms with E-state index < -0.39 is 6.10 Å². The summed E-state index contributed by atoms with van der Waals surface area (Å²) in [5.41, 5.74) is 4.82. The monoisotopic (exact) mass is 493 g/mol. The number of hydrogen-bond acceptors (Lipinski definition) is 5. The first-order valence-corrected chi connectivity index (χ1v) is 13.3. The van der Waals surface area contributed by atoms with Crippen molar-refractivity contribution < 1.29 is 14.6 Å². The van der Waals surface area contributed by atoms with Crippen molar-refractivity contribution in [2.24, 2.45) is 5.92 Å². The molecule has 1 fully saturated rings. The molecule has 1 unspecified atom stereocenters. The Kier molecular flexibility index (Phi) is 8.94. The second kappa shape index (κ2) is 12.1. The van der Waals surface area contributed by atoms with Crippen molar-refractivity contribution in [1.82, 2.24) is 14.4 Å². The molecular formula is C30H43N3O3. The van der Waals surface area contributed by atoms with Gasteiger partial charge in [0.2, 0.25) is 0 Å². The van der Waals surface area contributed by atoms with E-state index in [-0.39, 0.29) is 0 Å². The minimum absolute atomic E-state index is 0.466. The number of likely N-dealkylation sites (tertiary alicyclic amines) is 1.